The maximum Gasteiger partial charge on any atom is 0.274 e. The van der Waals surface area contributed by atoms with E-state index in [2.05, 4.69) is 26.2 Å². The van der Waals surface area contributed by atoms with Crippen LogP contribution in [0.1, 0.15) is 16.1 Å². The van der Waals surface area contributed by atoms with Crippen molar-refractivity contribution in [1.29, 1.82) is 0 Å². The summed E-state index contributed by atoms with van der Waals surface area (Å²) in [5, 5.41) is 13.5. The van der Waals surface area contributed by atoms with Crippen molar-refractivity contribution in [2.45, 2.75) is 6.54 Å². The standard InChI is InChI=1S/C13H10BrN3O3/c14-10-5-3-7-15-12(10)13(18)16-8-9-4-1-2-6-11(9)17(19)20/h1-7H,8H2,(H,16,18). The van der Waals surface area contributed by atoms with Gasteiger partial charge in [-0.15, -0.1) is 0 Å². The summed E-state index contributed by atoms with van der Waals surface area (Å²) < 4.78 is 0.570. The molecule has 0 atom stereocenters. The molecule has 0 bridgehead atoms. The molecule has 0 radical (unpaired) electrons. The Morgan fingerprint density at radius 2 is 2.05 bits per heavy atom. The van der Waals surface area contributed by atoms with Crippen LogP contribution in [0.25, 0.3) is 0 Å². The van der Waals surface area contributed by atoms with Gasteiger partial charge < -0.3 is 5.32 Å². The van der Waals surface area contributed by atoms with Crippen LogP contribution in [0.4, 0.5) is 5.69 Å². The average molecular weight is 336 g/mol. The molecule has 102 valence electrons. The van der Waals surface area contributed by atoms with Crippen LogP contribution in [0.3, 0.4) is 0 Å². The molecule has 0 fully saturated rings. The molecule has 2 rings (SSSR count). The maximum atomic E-state index is 11.9. The molecular weight excluding hydrogens is 326 g/mol. The van der Waals surface area contributed by atoms with Crippen LogP contribution in [0.5, 0.6) is 0 Å². The molecule has 0 saturated heterocycles. The van der Waals surface area contributed by atoms with E-state index in [9.17, 15) is 14.9 Å². The summed E-state index contributed by atoms with van der Waals surface area (Å²) in [6, 6.07) is 9.67. The first-order valence-corrected chi connectivity index (χ1v) is 6.50. The molecule has 0 spiro atoms. The van der Waals surface area contributed by atoms with E-state index in [4.69, 9.17) is 0 Å². The normalized spacial score (nSPS) is 10.1. The predicted molar refractivity (Wildman–Crippen MR) is 76.2 cm³/mol. The summed E-state index contributed by atoms with van der Waals surface area (Å²) in [4.78, 5) is 26.3. The number of nitrogens with zero attached hydrogens (tertiary/aromatic N) is 2. The van der Waals surface area contributed by atoms with Crippen LogP contribution >= 0.6 is 15.9 Å². The fourth-order valence-corrected chi connectivity index (χ4v) is 2.09. The van der Waals surface area contributed by atoms with Gasteiger partial charge in [0.15, 0.2) is 0 Å². The minimum atomic E-state index is -0.474. The molecule has 1 heterocycles. The van der Waals surface area contributed by atoms with Gasteiger partial charge >= 0.3 is 0 Å². The molecule has 1 aromatic carbocycles. The molecule has 1 aromatic heterocycles. The number of rotatable bonds is 4. The highest BCUT2D eigenvalue weighted by atomic mass is 79.9. The van der Waals surface area contributed by atoms with Gasteiger partial charge in [-0.25, -0.2) is 4.98 Å². The van der Waals surface area contributed by atoms with Gasteiger partial charge in [0, 0.05) is 28.8 Å². The number of amides is 1. The second-order valence-corrected chi connectivity index (χ2v) is 4.76. The molecule has 6 nitrogen and oxygen atoms in total. The number of nitro benzene ring substituents is 1. The lowest BCUT2D eigenvalue weighted by atomic mass is 10.2. The van der Waals surface area contributed by atoms with Crippen LogP contribution in [-0.2, 0) is 6.54 Å². The first-order chi connectivity index (χ1) is 9.59. The Balaban J connectivity index is 2.12. The Morgan fingerprint density at radius 1 is 1.30 bits per heavy atom. The Morgan fingerprint density at radius 3 is 2.75 bits per heavy atom. The Bertz CT molecular complexity index is 661. The second-order valence-electron chi connectivity index (χ2n) is 3.90. The van der Waals surface area contributed by atoms with Crippen molar-refractivity contribution in [2.75, 3.05) is 0 Å². The molecule has 0 aliphatic heterocycles. The zero-order valence-electron chi connectivity index (χ0n) is 10.2. The minimum Gasteiger partial charge on any atom is -0.346 e. The van der Waals surface area contributed by atoms with Gasteiger partial charge in [-0.1, -0.05) is 18.2 Å². The van der Waals surface area contributed by atoms with Crippen molar-refractivity contribution in [3.8, 4) is 0 Å². The fraction of sp³-hybridized carbons (Fsp3) is 0.0769. The molecule has 2 aromatic rings. The van der Waals surface area contributed by atoms with Gasteiger partial charge in [0.25, 0.3) is 11.6 Å². The van der Waals surface area contributed by atoms with Crippen LogP contribution < -0.4 is 5.32 Å². The number of benzene rings is 1. The number of halogens is 1. The topological polar surface area (TPSA) is 85.1 Å². The smallest absolute Gasteiger partial charge is 0.274 e. The number of pyridine rings is 1. The third kappa shape index (κ3) is 3.18. The molecule has 20 heavy (non-hydrogen) atoms. The molecule has 0 saturated carbocycles. The van der Waals surface area contributed by atoms with Crippen LogP contribution in [0.2, 0.25) is 0 Å². The van der Waals surface area contributed by atoms with E-state index in [0.717, 1.165) is 0 Å². The quantitative estimate of drug-likeness (QED) is 0.687. The van der Waals surface area contributed by atoms with Gasteiger partial charge in [0.2, 0.25) is 0 Å². The number of hydrogen-bond donors (Lipinski definition) is 1. The minimum absolute atomic E-state index is 0.0205. The highest BCUT2D eigenvalue weighted by Crippen LogP contribution is 2.18. The molecule has 0 aliphatic rings. The van der Waals surface area contributed by atoms with E-state index in [-0.39, 0.29) is 17.9 Å². The lowest BCUT2D eigenvalue weighted by molar-refractivity contribution is -0.385. The number of carbonyl (C=O) groups excluding carboxylic acids is 1. The second kappa shape index (κ2) is 6.25. The number of hydrogen-bond acceptors (Lipinski definition) is 4. The van der Waals surface area contributed by atoms with Gasteiger partial charge in [-0.3, -0.25) is 14.9 Å². The maximum absolute atomic E-state index is 11.9. The van der Waals surface area contributed by atoms with Gasteiger partial charge in [-0.2, -0.15) is 0 Å². The van der Waals surface area contributed by atoms with Gasteiger partial charge in [-0.05, 0) is 28.1 Å². The summed E-state index contributed by atoms with van der Waals surface area (Å²) in [6.45, 7) is 0.0685. The summed E-state index contributed by atoms with van der Waals surface area (Å²) in [5.41, 5.74) is 0.664. The largest absolute Gasteiger partial charge is 0.346 e. The Kier molecular flexibility index (Phi) is 4.41. The third-order valence-corrected chi connectivity index (χ3v) is 3.24. The summed E-state index contributed by atoms with van der Waals surface area (Å²) in [5.74, 6) is -0.393. The molecule has 1 amide bonds. The average Bonchev–Trinajstić information content (AvgIpc) is 2.45. The molecule has 1 N–H and O–H groups in total. The van der Waals surface area contributed by atoms with E-state index >= 15 is 0 Å². The summed E-state index contributed by atoms with van der Waals surface area (Å²) >= 11 is 3.23. The van der Waals surface area contributed by atoms with E-state index in [1.54, 1.807) is 30.3 Å². The van der Waals surface area contributed by atoms with Gasteiger partial charge in [0.1, 0.15) is 5.69 Å². The molecule has 7 heteroatoms. The van der Waals surface area contributed by atoms with Gasteiger partial charge in [0.05, 0.1) is 4.92 Å². The van der Waals surface area contributed by atoms with Crippen molar-refractivity contribution in [1.82, 2.24) is 10.3 Å². The van der Waals surface area contributed by atoms with Crippen molar-refractivity contribution in [2.24, 2.45) is 0 Å². The number of nitro groups is 1. The zero-order valence-corrected chi connectivity index (χ0v) is 11.8. The Labute approximate surface area is 123 Å². The molecular formula is C13H10BrN3O3. The zero-order chi connectivity index (χ0) is 14.5. The van der Waals surface area contributed by atoms with Crippen molar-refractivity contribution < 1.29 is 9.72 Å². The molecule has 0 unspecified atom stereocenters. The Hall–Kier alpha value is -2.28. The first kappa shape index (κ1) is 14.1. The van der Waals surface area contributed by atoms with Crippen LogP contribution in [0, 0.1) is 10.1 Å². The van der Waals surface area contributed by atoms with Crippen molar-refractivity contribution in [3.05, 3.63) is 68.4 Å². The van der Waals surface area contributed by atoms with Crippen LogP contribution in [-0.4, -0.2) is 15.8 Å². The van der Waals surface area contributed by atoms with E-state index in [1.165, 1.54) is 12.3 Å². The van der Waals surface area contributed by atoms with E-state index in [0.29, 0.717) is 10.0 Å². The first-order valence-electron chi connectivity index (χ1n) is 5.70. The van der Waals surface area contributed by atoms with E-state index < -0.39 is 10.8 Å². The number of nitrogens with one attached hydrogen (secondary N) is 1. The van der Waals surface area contributed by atoms with Crippen LogP contribution in [0.15, 0.2) is 47.1 Å². The SMILES string of the molecule is O=C(NCc1ccccc1[N+](=O)[O-])c1ncccc1Br. The highest BCUT2D eigenvalue weighted by molar-refractivity contribution is 9.10. The van der Waals surface area contributed by atoms with Crippen molar-refractivity contribution >= 4 is 27.5 Å². The lowest BCUT2D eigenvalue weighted by Crippen LogP contribution is -2.24. The third-order valence-electron chi connectivity index (χ3n) is 2.60. The van der Waals surface area contributed by atoms with Crippen molar-refractivity contribution in [3.63, 3.8) is 0 Å². The summed E-state index contributed by atoms with van der Waals surface area (Å²) in [6.07, 6.45) is 1.50. The monoisotopic (exact) mass is 335 g/mol. The predicted octanol–water partition coefficient (Wildman–Crippen LogP) is 2.68. The fourth-order valence-electron chi connectivity index (χ4n) is 1.65. The number of carbonyl (C=O) groups is 1. The highest BCUT2D eigenvalue weighted by Gasteiger charge is 2.15. The summed E-state index contributed by atoms with van der Waals surface area (Å²) in [7, 11) is 0. The molecule has 0 aliphatic carbocycles. The number of para-hydroxylation sites is 1. The van der Waals surface area contributed by atoms with E-state index in [1.807, 2.05) is 0 Å². The number of aromatic nitrogens is 1. The lowest BCUT2D eigenvalue weighted by Gasteiger charge is -2.06.